The van der Waals surface area contributed by atoms with Crippen molar-refractivity contribution >= 4 is 46.8 Å². The van der Waals surface area contributed by atoms with Crippen molar-refractivity contribution in [2.45, 2.75) is 36.9 Å². The lowest BCUT2D eigenvalue weighted by Crippen LogP contribution is -2.84. The summed E-state index contributed by atoms with van der Waals surface area (Å²) < 4.78 is 10.7. The van der Waals surface area contributed by atoms with Gasteiger partial charge in [0.15, 0.2) is 6.61 Å². The van der Waals surface area contributed by atoms with E-state index in [9.17, 15) is 9.59 Å². The number of hydrogen-bond donors (Lipinski definition) is 2. The summed E-state index contributed by atoms with van der Waals surface area (Å²) in [5, 5.41) is 7.28. The number of ether oxygens (including phenoxy) is 2. The largest absolute Gasteiger partial charge is 0.484 e. The van der Waals surface area contributed by atoms with Crippen LogP contribution in [-0.2, 0) is 16.1 Å². The van der Waals surface area contributed by atoms with Crippen molar-refractivity contribution in [2.75, 3.05) is 6.61 Å². The van der Waals surface area contributed by atoms with Gasteiger partial charge in [-0.1, -0.05) is 46.9 Å². The number of carbonyl (C=O) groups is 2. The van der Waals surface area contributed by atoms with Crippen LogP contribution in [-0.4, -0.2) is 29.7 Å². The molecule has 2 aromatic rings. The topological polar surface area (TPSA) is 76.7 Å². The second kappa shape index (κ2) is 8.17. The normalized spacial score (nSPS) is 23.6. The van der Waals surface area contributed by atoms with Gasteiger partial charge in [0.05, 0.1) is 15.6 Å². The van der Waals surface area contributed by atoms with Crippen molar-refractivity contribution in [3.8, 4) is 5.75 Å². The molecule has 3 aliphatic carbocycles. The van der Waals surface area contributed by atoms with Gasteiger partial charge in [0, 0.05) is 16.6 Å². The predicted octanol–water partition coefficient (Wildman–Crippen LogP) is 4.74. The highest BCUT2D eigenvalue weighted by Gasteiger charge is 2.69. The Labute approximate surface area is 188 Å². The molecule has 6 nitrogen and oxygen atoms in total. The Balaban J connectivity index is 1.17. The monoisotopic (exact) mass is 468 g/mol. The molecule has 30 heavy (non-hydrogen) atoms. The molecule has 3 fully saturated rings. The second-order valence-electron chi connectivity index (χ2n) is 7.83. The first kappa shape index (κ1) is 21.1. The van der Waals surface area contributed by atoms with Gasteiger partial charge in [-0.2, -0.15) is 0 Å². The Hall–Kier alpha value is -2.15. The van der Waals surface area contributed by atoms with E-state index in [1.165, 1.54) is 0 Å². The number of rotatable bonds is 7. The van der Waals surface area contributed by atoms with E-state index < -0.39 is 6.09 Å². The summed E-state index contributed by atoms with van der Waals surface area (Å²) in [5.41, 5.74) is 0.239. The maximum absolute atomic E-state index is 12.2. The maximum Gasteiger partial charge on any atom is 0.407 e. The van der Waals surface area contributed by atoms with Crippen LogP contribution in [0.3, 0.4) is 0 Å². The molecule has 3 aliphatic rings. The highest BCUT2D eigenvalue weighted by Crippen LogP contribution is 2.60. The summed E-state index contributed by atoms with van der Waals surface area (Å²) in [6.45, 7) is 0.0260. The number of amides is 2. The van der Waals surface area contributed by atoms with Crippen LogP contribution in [0.5, 0.6) is 5.75 Å². The Kier molecular flexibility index (Phi) is 5.75. The fourth-order valence-corrected chi connectivity index (χ4v) is 4.63. The van der Waals surface area contributed by atoms with Gasteiger partial charge < -0.3 is 20.1 Å². The molecule has 158 valence electrons. The summed E-state index contributed by atoms with van der Waals surface area (Å²) >= 11 is 17.7. The van der Waals surface area contributed by atoms with Crippen molar-refractivity contribution < 1.29 is 19.1 Å². The minimum Gasteiger partial charge on any atom is -0.484 e. The third-order valence-corrected chi connectivity index (χ3v) is 6.30. The van der Waals surface area contributed by atoms with Gasteiger partial charge in [-0.3, -0.25) is 4.79 Å². The van der Waals surface area contributed by atoms with E-state index in [1.54, 1.807) is 36.4 Å². The lowest BCUT2D eigenvalue weighted by atomic mass is 9.44. The Bertz CT molecular complexity index is 978. The van der Waals surface area contributed by atoms with Crippen LogP contribution < -0.4 is 15.4 Å². The van der Waals surface area contributed by atoms with E-state index in [-0.39, 0.29) is 30.2 Å². The molecule has 2 amide bonds. The van der Waals surface area contributed by atoms with E-state index in [2.05, 4.69) is 10.6 Å². The second-order valence-corrected chi connectivity index (χ2v) is 9.09. The van der Waals surface area contributed by atoms with Crippen LogP contribution in [0, 0.1) is 0 Å². The van der Waals surface area contributed by atoms with E-state index in [0.29, 0.717) is 40.1 Å². The first-order valence-corrected chi connectivity index (χ1v) is 10.5. The van der Waals surface area contributed by atoms with Crippen LogP contribution >= 0.6 is 34.8 Å². The molecule has 0 unspecified atom stereocenters. The molecule has 0 aromatic heterocycles. The van der Waals surface area contributed by atoms with Crippen LogP contribution in [0.4, 0.5) is 4.79 Å². The van der Waals surface area contributed by atoms with Gasteiger partial charge in [0.25, 0.3) is 5.91 Å². The SMILES string of the molecule is O=C(COc1ccc(Cl)c(Cl)c1)NC12CC(NC(=O)OCc3cccc(Cl)c3)(C1)C2. The van der Waals surface area contributed by atoms with E-state index in [1.807, 2.05) is 6.07 Å². The minimum absolute atomic E-state index is 0.123. The molecule has 9 heteroatoms. The summed E-state index contributed by atoms with van der Waals surface area (Å²) in [6, 6.07) is 12.0. The highest BCUT2D eigenvalue weighted by atomic mass is 35.5. The number of alkyl carbamates (subject to hydrolysis) is 1. The quantitative estimate of drug-likeness (QED) is 0.614. The lowest BCUT2D eigenvalue weighted by Gasteiger charge is -2.70. The molecule has 2 aromatic carbocycles. The van der Waals surface area contributed by atoms with E-state index in [0.717, 1.165) is 5.56 Å². The molecule has 0 heterocycles. The molecule has 0 atom stereocenters. The van der Waals surface area contributed by atoms with E-state index in [4.69, 9.17) is 44.3 Å². The number of halogens is 3. The third kappa shape index (κ3) is 4.61. The minimum atomic E-state index is -0.474. The number of benzene rings is 2. The first-order valence-electron chi connectivity index (χ1n) is 9.35. The first-order chi connectivity index (χ1) is 14.3. The van der Waals surface area contributed by atoms with Crippen molar-refractivity contribution in [3.05, 3.63) is 63.1 Å². The molecular formula is C21H19Cl3N2O4. The fraction of sp³-hybridized carbons (Fsp3) is 0.333. The van der Waals surface area contributed by atoms with E-state index >= 15 is 0 Å². The third-order valence-electron chi connectivity index (χ3n) is 5.32. The van der Waals surface area contributed by atoms with Gasteiger partial charge in [0.1, 0.15) is 12.4 Å². The smallest absolute Gasteiger partial charge is 0.407 e. The van der Waals surface area contributed by atoms with Gasteiger partial charge in [-0.05, 0) is 49.1 Å². The molecule has 0 spiro atoms. The number of carbonyl (C=O) groups excluding carboxylic acids is 2. The summed E-state index contributed by atoms with van der Waals surface area (Å²) in [4.78, 5) is 24.3. The highest BCUT2D eigenvalue weighted by molar-refractivity contribution is 6.42. The summed E-state index contributed by atoms with van der Waals surface area (Å²) in [5.74, 6) is 0.246. The molecule has 3 saturated carbocycles. The van der Waals surface area contributed by atoms with Gasteiger partial charge in [-0.15, -0.1) is 0 Å². The zero-order chi connectivity index (χ0) is 21.4. The van der Waals surface area contributed by atoms with Crippen molar-refractivity contribution in [3.63, 3.8) is 0 Å². The zero-order valence-electron chi connectivity index (χ0n) is 15.8. The summed E-state index contributed by atoms with van der Waals surface area (Å²) in [6.07, 6.45) is 1.54. The van der Waals surface area contributed by atoms with Crippen molar-refractivity contribution in [1.82, 2.24) is 10.6 Å². The molecule has 2 bridgehead atoms. The lowest BCUT2D eigenvalue weighted by molar-refractivity contribution is -0.141. The molecule has 0 saturated heterocycles. The molecule has 2 N–H and O–H groups in total. The standard InChI is InChI=1S/C21H19Cl3N2O4/c22-14-3-1-2-13(6-14)8-30-19(28)26-21-10-20(11-21,12-21)25-18(27)9-29-15-4-5-16(23)17(24)7-15/h1-7H,8-12H2,(H,25,27)(H,26,28). The molecule has 5 rings (SSSR count). The molecule has 0 radical (unpaired) electrons. The van der Waals surface area contributed by atoms with Crippen LogP contribution in [0.15, 0.2) is 42.5 Å². The average Bonchev–Trinajstić information content (AvgIpc) is 2.65. The number of nitrogens with one attached hydrogen (secondary N) is 2. The van der Waals surface area contributed by atoms with Crippen LogP contribution in [0.1, 0.15) is 24.8 Å². The van der Waals surface area contributed by atoms with Crippen molar-refractivity contribution in [2.24, 2.45) is 0 Å². The predicted molar refractivity (Wildman–Crippen MR) is 114 cm³/mol. The maximum atomic E-state index is 12.2. The van der Waals surface area contributed by atoms with Gasteiger partial charge in [-0.25, -0.2) is 4.79 Å². The number of hydrogen-bond acceptors (Lipinski definition) is 4. The average molecular weight is 470 g/mol. The fourth-order valence-electron chi connectivity index (χ4n) is 4.13. The van der Waals surface area contributed by atoms with Crippen LogP contribution in [0.25, 0.3) is 0 Å². The van der Waals surface area contributed by atoms with Gasteiger partial charge >= 0.3 is 6.09 Å². The van der Waals surface area contributed by atoms with Crippen molar-refractivity contribution in [1.29, 1.82) is 0 Å². The zero-order valence-corrected chi connectivity index (χ0v) is 18.1. The Morgan fingerprint density at radius 1 is 0.933 bits per heavy atom. The van der Waals surface area contributed by atoms with Gasteiger partial charge in [0.2, 0.25) is 0 Å². The molecule has 0 aliphatic heterocycles. The Morgan fingerprint density at radius 3 is 2.37 bits per heavy atom. The molecular weight excluding hydrogens is 451 g/mol. The summed E-state index contributed by atoms with van der Waals surface area (Å²) in [7, 11) is 0. The Morgan fingerprint density at radius 2 is 1.67 bits per heavy atom. The van der Waals surface area contributed by atoms with Crippen LogP contribution in [0.2, 0.25) is 15.1 Å².